The first-order chi connectivity index (χ1) is 9.16. The van der Waals surface area contributed by atoms with E-state index in [1.54, 1.807) is 6.08 Å². The summed E-state index contributed by atoms with van der Waals surface area (Å²) in [6.45, 7) is 0.868. The maximum atomic E-state index is 9.87. The zero-order chi connectivity index (χ0) is 14.6. The Kier molecular flexibility index (Phi) is 11.2. The average Bonchev–Trinajstić information content (AvgIpc) is 2.44. The van der Waals surface area contributed by atoms with Gasteiger partial charge in [-0.2, -0.15) is 0 Å². The van der Waals surface area contributed by atoms with Crippen molar-refractivity contribution in [3.05, 3.63) is 12.2 Å². The molecular formula is C15H30O4. The quantitative estimate of drug-likeness (QED) is 0.322. The summed E-state index contributed by atoms with van der Waals surface area (Å²) in [5, 5.41) is 37.3. The molecule has 0 bridgehead atoms. The first kappa shape index (κ1) is 18.6. The van der Waals surface area contributed by atoms with E-state index in [2.05, 4.69) is 6.92 Å². The lowest BCUT2D eigenvalue weighted by Gasteiger charge is -2.30. The molecule has 4 nitrogen and oxygen atoms in total. The zero-order valence-electron chi connectivity index (χ0n) is 12.1. The highest BCUT2D eigenvalue weighted by Crippen LogP contribution is 2.21. The molecular weight excluding hydrogens is 244 g/mol. The Morgan fingerprint density at radius 2 is 1.42 bits per heavy atom. The van der Waals surface area contributed by atoms with Gasteiger partial charge in [0.1, 0.15) is 0 Å². The van der Waals surface area contributed by atoms with Gasteiger partial charge in [0.15, 0.2) is 0 Å². The van der Waals surface area contributed by atoms with Gasteiger partial charge in [-0.05, 0) is 12.8 Å². The van der Waals surface area contributed by atoms with Crippen LogP contribution >= 0.6 is 0 Å². The van der Waals surface area contributed by atoms with Gasteiger partial charge >= 0.3 is 0 Å². The van der Waals surface area contributed by atoms with Crippen molar-refractivity contribution in [2.45, 2.75) is 58.0 Å². The molecule has 0 aliphatic carbocycles. The summed E-state index contributed by atoms with van der Waals surface area (Å²) in [4.78, 5) is 0. The van der Waals surface area contributed by atoms with Gasteiger partial charge in [0.05, 0.1) is 31.3 Å². The molecule has 0 radical (unpaired) electrons. The molecule has 0 saturated heterocycles. The van der Waals surface area contributed by atoms with Crippen LogP contribution in [0.1, 0.15) is 51.9 Å². The average molecular weight is 274 g/mol. The van der Waals surface area contributed by atoms with E-state index in [9.17, 15) is 5.11 Å². The van der Waals surface area contributed by atoms with Crippen LogP contribution in [0.4, 0.5) is 0 Å². The summed E-state index contributed by atoms with van der Waals surface area (Å²) in [5.74, 6) is 0. The zero-order valence-corrected chi connectivity index (χ0v) is 12.1. The molecule has 114 valence electrons. The molecule has 0 spiro atoms. The molecule has 0 saturated carbocycles. The van der Waals surface area contributed by atoms with E-state index in [1.165, 1.54) is 32.1 Å². The minimum Gasteiger partial charge on any atom is -0.395 e. The summed E-state index contributed by atoms with van der Waals surface area (Å²) in [6, 6.07) is 0. The molecule has 4 heteroatoms. The van der Waals surface area contributed by atoms with Crippen LogP contribution in [0.5, 0.6) is 0 Å². The van der Waals surface area contributed by atoms with Gasteiger partial charge in [-0.25, -0.2) is 0 Å². The van der Waals surface area contributed by atoms with Crippen LogP contribution in [0.15, 0.2) is 12.2 Å². The van der Waals surface area contributed by atoms with Crippen molar-refractivity contribution in [3.63, 3.8) is 0 Å². The Balaban J connectivity index is 3.86. The number of unbranched alkanes of at least 4 members (excludes halogenated alkanes) is 6. The van der Waals surface area contributed by atoms with E-state index in [4.69, 9.17) is 15.3 Å². The second-order valence-corrected chi connectivity index (χ2v) is 5.27. The van der Waals surface area contributed by atoms with Crippen LogP contribution in [-0.2, 0) is 0 Å². The summed E-state index contributed by atoms with van der Waals surface area (Å²) in [7, 11) is 0. The lowest BCUT2D eigenvalue weighted by atomic mass is 9.84. The normalized spacial score (nSPS) is 14.2. The number of rotatable bonds is 12. The summed E-state index contributed by atoms with van der Waals surface area (Å²) in [5.41, 5.74) is -1.24. The van der Waals surface area contributed by atoms with Crippen LogP contribution in [0.2, 0.25) is 0 Å². The minimum absolute atomic E-state index is 0.442. The van der Waals surface area contributed by atoms with Gasteiger partial charge in [-0.3, -0.25) is 0 Å². The van der Waals surface area contributed by atoms with E-state index < -0.39 is 31.3 Å². The monoisotopic (exact) mass is 274 g/mol. The molecule has 0 fully saturated rings. The highest BCUT2D eigenvalue weighted by atomic mass is 16.3. The fourth-order valence-electron chi connectivity index (χ4n) is 1.90. The molecule has 0 aromatic heterocycles. The van der Waals surface area contributed by atoms with Gasteiger partial charge in [-0.1, -0.05) is 51.2 Å². The van der Waals surface area contributed by atoms with Crippen LogP contribution in [0.3, 0.4) is 0 Å². The molecule has 0 aromatic rings. The predicted octanol–water partition coefficient (Wildman–Crippen LogP) is 1.62. The number of hydrogen-bond acceptors (Lipinski definition) is 4. The van der Waals surface area contributed by atoms with Crippen molar-refractivity contribution in [1.82, 2.24) is 0 Å². The summed E-state index contributed by atoms with van der Waals surface area (Å²) in [6.07, 6.45) is 10.6. The van der Waals surface area contributed by atoms with Crippen molar-refractivity contribution < 1.29 is 20.4 Å². The van der Waals surface area contributed by atoms with Crippen molar-refractivity contribution in [2.24, 2.45) is 5.41 Å². The van der Waals surface area contributed by atoms with Crippen molar-refractivity contribution >= 4 is 0 Å². The molecule has 0 aromatic carbocycles. The second-order valence-electron chi connectivity index (χ2n) is 5.27. The van der Waals surface area contributed by atoms with Crippen LogP contribution in [0.25, 0.3) is 0 Å². The van der Waals surface area contributed by atoms with Gasteiger partial charge in [0, 0.05) is 0 Å². The molecule has 0 rings (SSSR count). The van der Waals surface area contributed by atoms with Crippen LogP contribution in [0, 0.1) is 5.41 Å². The van der Waals surface area contributed by atoms with E-state index in [0.29, 0.717) is 0 Å². The van der Waals surface area contributed by atoms with Gasteiger partial charge in [0.2, 0.25) is 0 Å². The number of aliphatic hydroxyl groups is 4. The maximum absolute atomic E-state index is 9.87. The fraction of sp³-hybridized carbons (Fsp3) is 0.867. The third-order valence-electron chi connectivity index (χ3n) is 3.61. The van der Waals surface area contributed by atoms with E-state index in [-0.39, 0.29) is 0 Å². The number of aliphatic hydroxyl groups excluding tert-OH is 4. The van der Waals surface area contributed by atoms with Gasteiger partial charge in [0.25, 0.3) is 0 Å². The minimum atomic E-state index is -1.24. The second kappa shape index (κ2) is 11.4. The molecule has 0 aliphatic heterocycles. The van der Waals surface area contributed by atoms with Crippen LogP contribution in [-0.4, -0.2) is 46.4 Å². The topological polar surface area (TPSA) is 80.9 Å². The Hall–Kier alpha value is -0.420. The first-order valence-electron chi connectivity index (χ1n) is 7.34. The smallest absolute Gasteiger partial charge is 0.0843 e. The third-order valence-corrected chi connectivity index (χ3v) is 3.61. The standard InChI is InChI=1S/C15H30O4/c1-2-3-4-5-6-7-8-9-10-14(19)15(11-16,12-17)13-18/h9-10,14,16-19H,2-8,11-13H2,1H3. The number of allylic oxidation sites excluding steroid dienone is 1. The fourth-order valence-corrected chi connectivity index (χ4v) is 1.90. The van der Waals surface area contributed by atoms with E-state index >= 15 is 0 Å². The maximum Gasteiger partial charge on any atom is 0.0843 e. The Bertz CT molecular complexity index is 216. The third kappa shape index (κ3) is 7.06. The Morgan fingerprint density at radius 3 is 1.95 bits per heavy atom. The van der Waals surface area contributed by atoms with Crippen molar-refractivity contribution in [2.75, 3.05) is 19.8 Å². The van der Waals surface area contributed by atoms with Crippen molar-refractivity contribution in [3.8, 4) is 0 Å². The van der Waals surface area contributed by atoms with Crippen LogP contribution < -0.4 is 0 Å². The Morgan fingerprint density at radius 1 is 0.895 bits per heavy atom. The number of hydrogen-bond donors (Lipinski definition) is 4. The largest absolute Gasteiger partial charge is 0.395 e. The first-order valence-corrected chi connectivity index (χ1v) is 7.34. The van der Waals surface area contributed by atoms with E-state index in [1.807, 2.05) is 6.08 Å². The molecule has 1 atom stereocenters. The molecule has 0 aliphatic rings. The highest BCUT2D eigenvalue weighted by Gasteiger charge is 2.34. The lowest BCUT2D eigenvalue weighted by molar-refractivity contribution is -0.0635. The molecule has 1 unspecified atom stereocenters. The SMILES string of the molecule is CCCCCCCCC=CC(O)C(CO)(CO)CO. The van der Waals surface area contributed by atoms with Gasteiger partial charge in [-0.15, -0.1) is 0 Å². The van der Waals surface area contributed by atoms with E-state index in [0.717, 1.165) is 12.8 Å². The molecule has 19 heavy (non-hydrogen) atoms. The van der Waals surface area contributed by atoms with Crippen molar-refractivity contribution in [1.29, 1.82) is 0 Å². The lowest BCUT2D eigenvalue weighted by Crippen LogP contribution is -2.44. The molecule has 4 N–H and O–H groups in total. The predicted molar refractivity (Wildman–Crippen MR) is 76.8 cm³/mol. The highest BCUT2D eigenvalue weighted by molar-refractivity contribution is 4.99. The van der Waals surface area contributed by atoms with Gasteiger partial charge < -0.3 is 20.4 Å². The Labute approximate surface area is 116 Å². The molecule has 0 amide bonds. The molecule has 0 heterocycles. The summed E-state index contributed by atoms with van der Waals surface area (Å²) < 4.78 is 0. The summed E-state index contributed by atoms with van der Waals surface area (Å²) >= 11 is 0.